The van der Waals surface area contributed by atoms with E-state index in [1.165, 1.54) is 0 Å². The van der Waals surface area contributed by atoms with Crippen molar-refractivity contribution in [2.24, 2.45) is 22.9 Å². The van der Waals surface area contributed by atoms with E-state index in [1.807, 2.05) is 0 Å². The molecular formula is C25H47N5O16. The highest BCUT2D eigenvalue weighted by Gasteiger charge is 2.54. The summed E-state index contributed by atoms with van der Waals surface area (Å²) in [7, 11) is 1.13. The molecule has 19 unspecified atom stereocenters. The Morgan fingerprint density at radius 2 is 1.15 bits per heavy atom. The van der Waals surface area contributed by atoms with Crippen LogP contribution in [0.15, 0.2) is 0 Å². The lowest BCUT2D eigenvalue weighted by Crippen LogP contribution is -2.68. The summed E-state index contributed by atoms with van der Waals surface area (Å²) < 4.78 is 39.1. The molecule has 1 saturated carbocycles. The Kier molecular flexibility index (Phi) is 12.9. The first-order chi connectivity index (χ1) is 21.7. The van der Waals surface area contributed by atoms with E-state index in [-0.39, 0.29) is 13.0 Å². The van der Waals surface area contributed by atoms with Crippen LogP contribution in [0.4, 0.5) is 4.79 Å². The van der Waals surface area contributed by atoms with Crippen LogP contribution < -0.4 is 28.3 Å². The number of nitrogens with two attached hydrogens (primary N) is 4. The number of methoxy groups -OCH3 is 1. The van der Waals surface area contributed by atoms with Gasteiger partial charge in [0.25, 0.3) is 0 Å². The van der Waals surface area contributed by atoms with Gasteiger partial charge >= 0.3 is 6.09 Å². The maximum absolute atomic E-state index is 11.5. The van der Waals surface area contributed by atoms with E-state index in [2.05, 4.69) is 10.1 Å². The van der Waals surface area contributed by atoms with Crippen molar-refractivity contribution in [1.82, 2.24) is 5.32 Å². The van der Waals surface area contributed by atoms with Crippen LogP contribution >= 0.6 is 0 Å². The second-order valence-corrected chi connectivity index (χ2v) is 11.8. The minimum absolute atomic E-state index is 0.0401. The Hall–Kier alpha value is -1.45. The molecule has 268 valence electrons. The van der Waals surface area contributed by atoms with E-state index in [0.29, 0.717) is 0 Å². The lowest BCUT2D eigenvalue weighted by Gasteiger charge is -2.47. The molecule has 17 N–H and O–H groups in total. The van der Waals surface area contributed by atoms with Gasteiger partial charge in [-0.05, 0) is 6.42 Å². The van der Waals surface area contributed by atoms with Crippen molar-refractivity contribution in [3.05, 3.63) is 0 Å². The van der Waals surface area contributed by atoms with Gasteiger partial charge in [0.2, 0.25) is 0 Å². The van der Waals surface area contributed by atoms with Crippen LogP contribution in [-0.2, 0) is 33.2 Å². The molecule has 4 fully saturated rings. The molecule has 4 aliphatic rings. The molecule has 3 aliphatic heterocycles. The molecule has 0 aromatic rings. The first-order valence-electron chi connectivity index (χ1n) is 14.8. The molecule has 1 amide bonds. The minimum Gasteiger partial charge on any atom is -0.453 e. The van der Waals surface area contributed by atoms with Crippen LogP contribution in [0.3, 0.4) is 0 Å². The van der Waals surface area contributed by atoms with E-state index in [0.717, 1.165) is 7.11 Å². The number of carbonyl (C=O) groups is 1. The lowest BCUT2D eigenvalue weighted by molar-refractivity contribution is -0.310. The Morgan fingerprint density at radius 1 is 0.652 bits per heavy atom. The molecule has 3 saturated heterocycles. The summed E-state index contributed by atoms with van der Waals surface area (Å²) in [6.07, 6.45) is -22.4. The van der Waals surface area contributed by atoms with Gasteiger partial charge in [0.15, 0.2) is 18.9 Å². The molecule has 46 heavy (non-hydrogen) atoms. The minimum atomic E-state index is -1.69. The summed E-state index contributed by atoms with van der Waals surface area (Å²) in [5.74, 6) is 0. The molecule has 0 aromatic carbocycles. The number of carbonyl (C=O) groups excluding carboxylic acids is 1. The van der Waals surface area contributed by atoms with Crippen molar-refractivity contribution in [2.75, 3.05) is 26.9 Å². The molecular weight excluding hydrogens is 626 g/mol. The van der Waals surface area contributed by atoms with Crippen LogP contribution in [0.5, 0.6) is 0 Å². The molecule has 0 bridgehead atoms. The zero-order valence-corrected chi connectivity index (χ0v) is 25.0. The summed E-state index contributed by atoms with van der Waals surface area (Å²) in [6.45, 7) is -1.68. The molecule has 4 rings (SSSR count). The third-order valence-electron chi connectivity index (χ3n) is 8.72. The highest BCUT2D eigenvalue weighted by atomic mass is 16.8. The molecule has 19 atom stereocenters. The third-order valence-corrected chi connectivity index (χ3v) is 8.72. The Morgan fingerprint density at radius 3 is 1.72 bits per heavy atom. The fourth-order valence-corrected chi connectivity index (χ4v) is 5.93. The number of ether oxygens (including phenoxy) is 7. The highest BCUT2D eigenvalue weighted by Crippen LogP contribution is 2.34. The summed E-state index contributed by atoms with van der Waals surface area (Å²) in [6, 6.07) is -4.48. The number of aliphatic hydroxyl groups is 8. The van der Waals surface area contributed by atoms with Gasteiger partial charge in [-0.1, -0.05) is 0 Å². The predicted molar refractivity (Wildman–Crippen MR) is 148 cm³/mol. The van der Waals surface area contributed by atoms with Gasteiger partial charge in [0, 0.05) is 18.6 Å². The number of amides is 1. The maximum atomic E-state index is 11.5. The molecule has 21 heteroatoms. The smallest absolute Gasteiger partial charge is 0.406 e. The Labute approximate surface area is 263 Å². The molecule has 0 spiro atoms. The van der Waals surface area contributed by atoms with Crippen molar-refractivity contribution in [1.29, 1.82) is 0 Å². The SMILES string of the molecule is COC(=O)NCC1OC(OC2C(CO)OC(OC3C(O)C(N)CC(N)C3OC3OC(CO)C(O)C(O)C3N)C2O)C(N)C(O)C1O. The Balaban J connectivity index is 1.48. The van der Waals surface area contributed by atoms with Gasteiger partial charge < -0.3 is 102 Å². The van der Waals surface area contributed by atoms with Crippen LogP contribution in [0.2, 0.25) is 0 Å². The summed E-state index contributed by atoms with van der Waals surface area (Å²) in [4.78, 5) is 11.5. The number of hydrogen-bond acceptors (Lipinski definition) is 20. The topological polar surface area (TPSA) is 360 Å². The molecule has 21 nitrogen and oxygen atoms in total. The average Bonchev–Trinajstić information content (AvgIpc) is 3.33. The first kappa shape index (κ1) is 37.4. The van der Waals surface area contributed by atoms with Crippen molar-refractivity contribution in [3.63, 3.8) is 0 Å². The van der Waals surface area contributed by atoms with E-state index >= 15 is 0 Å². The van der Waals surface area contributed by atoms with E-state index in [4.69, 9.17) is 51.4 Å². The fraction of sp³-hybridized carbons (Fsp3) is 0.960. The lowest BCUT2D eigenvalue weighted by atomic mass is 9.84. The first-order valence-corrected chi connectivity index (χ1v) is 14.8. The van der Waals surface area contributed by atoms with Gasteiger partial charge in [-0.25, -0.2) is 4.79 Å². The van der Waals surface area contributed by atoms with Crippen LogP contribution in [-0.4, -0.2) is 190 Å². The summed E-state index contributed by atoms with van der Waals surface area (Å²) in [5, 5.41) is 85.4. The second kappa shape index (κ2) is 15.8. The predicted octanol–water partition coefficient (Wildman–Crippen LogP) is -8.46. The van der Waals surface area contributed by atoms with E-state index in [9.17, 15) is 45.6 Å². The van der Waals surface area contributed by atoms with Crippen LogP contribution in [0.25, 0.3) is 0 Å². The van der Waals surface area contributed by atoms with Crippen molar-refractivity contribution in [2.45, 2.75) is 123 Å². The highest BCUT2D eigenvalue weighted by molar-refractivity contribution is 5.66. The van der Waals surface area contributed by atoms with Gasteiger partial charge in [0.05, 0.1) is 38.5 Å². The summed E-state index contributed by atoms with van der Waals surface area (Å²) in [5.41, 5.74) is 24.4. The number of rotatable bonds is 10. The fourth-order valence-electron chi connectivity index (χ4n) is 5.93. The normalized spacial score (nSPS) is 49.9. The monoisotopic (exact) mass is 673 g/mol. The number of alkyl carbamates (subject to hydrolysis) is 1. The van der Waals surface area contributed by atoms with E-state index < -0.39 is 136 Å². The average molecular weight is 674 g/mol. The molecule has 1 aliphatic carbocycles. The standard InChI is InChI=1S/C25H47N5O16/c1-40-25(39)30-3-8-14(34)16(36)11(28)22(41-8)45-20-10(5-32)43-24(18(20)38)46-21-13(33)6(26)2-7(27)19(21)44-23-12(29)17(37)15(35)9(4-31)42-23/h6-24,31-38H,2-5,26-29H2,1H3,(H,30,39). The number of nitrogens with one attached hydrogen (secondary N) is 1. The molecule has 3 heterocycles. The molecule has 0 aromatic heterocycles. The van der Waals surface area contributed by atoms with Crippen molar-refractivity contribution >= 4 is 6.09 Å². The van der Waals surface area contributed by atoms with Gasteiger partial charge in [-0.15, -0.1) is 0 Å². The quantitative estimate of drug-likeness (QED) is 0.102. The van der Waals surface area contributed by atoms with E-state index in [1.54, 1.807) is 0 Å². The van der Waals surface area contributed by atoms with Gasteiger partial charge in [0.1, 0.15) is 67.1 Å². The van der Waals surface area contributed by atoms with Crippen molar-refractivity contribution < 1.29 is 78.8 Å². The van der Waals surface area contributed by atoms with Gasteiger partial charge in [-0.2, -0.15) is 0 Å². The zero-order chi connectivity index (χ0) is 34.0. The largest absolute Gasteiger partial charge is 0.453 e. The van der Waals surface area contributed by atoms with Crippen molar-refractivity contribution in [3.8, 4) is 0 Å². The number of aliphatic hydroxyl groups excluding tert-OH is 8. The second-order valence-electron chi connectivity index (χ2n) is 11.8. The zero-order valence-electron chi connectivity index (χ0n) is 25.0. The van der Waals surface area contributed by atoms with Crippen LogP contribution in [0, 0.1) is 0 Å². The number of hydrogen-bond donors (Lipinski definition) is 13. The summed E-state index contributed by atoms with van der Waals surface area (Å²) >= 11 is 0. The maximum Gasteiger partial charge on any atom is 0.406 e. The Bertz CT molecular complexity index is 991. The third kappa shape index (κ3) is 7.72. The molecule has 0 radical (unpaired) electrons. The van der Waals surface area contributed by atoms with Gasteiger partial charge in [-0.3, -0.25) is 0 Å². The van der Waals surface area contributed by atoms with Crippen LogP contribution in [0.1, 0.15) is 6.42 Å².